The number of halogens is 8. The van der Waals surface area contributed by atoms with Crippen LogP contribution in [-0.4, -0.2) is 65.0 Å². The molecule has 2 aliphatic rings. The van der Waals surface area contributed by atoms with Crippen LogP contribution in [0.25, 0.3) is 0 Å². The highest BCUT2D eigenvalue weighted by Crippen LogP contribution is 2.52. The predicted molar refractivity (Wildman–Crippen MR) is 163 cm³/mol. The Morgan fingerprint density at radius 3 is 1.23 bits per heavy atom. The maximum absolute atomic E-state index is 6.26. The number of hydrogen-bond acceptors (Lipinski definition) is 2. The number of alkyl halides is 8. The summed E-state index contributed by atoms with van der Waals surface area (Å²) >= 11 is 30.2. The van der Waals surface area contributed by atoms with Gasteiger partial charge in [0.1, 0.15) is 0 Å². The molecule has 2 nitrogen and oxygen atoms in total. The van der Waals surface area contributed by atoms with Gasteiger partial charge in [0.15, 0.2) is 0 Å². The normalized spacial score (nSPS) is 39.3. The Morgan fingerprint density at radius 2 is 0.968 bits per heavy atom. The van der Waals surface area contributed by atoms with Crippen molar-refractivity contribution in [1.29, 1.82) is 0 Å². The standard InChI is InChI=1S/C21H32Br8O2/c1-21(2,11-3-15(26)19(16(27)4-11)30-9-13(24)7-22)12-5-17(28)20(18(29)6-12)31-10-14(25)8-23/h11-20H,3-10H2,1-2H3. The number of rotatable bonds is 10. The summed E-state index contributed by atoms with van der Waals surface area (Å²) in [6, 6.07) is 0. The van der Waals surface area contributed by atoms with Crippen LogP contribution < -0.4 is 0 Å². The van der Waals surface area contributed by atoms with E-state index in [9.17, 15) is 0 Å². The van der Waals surface area contributed by atoms with Gasteiger partial charge in [-0.3, -0.25) is 0 Å². The second kappa shape index (κ2) is 14.6. The Morgan fingerprint density at radius 1 is 0.677 bits per heavy atom. The van der Waals surface area contributed by atoms with Crippen molar-refractivity contribution in [2.45, 2.75) is 80.7 Å². The second-order valence-electron chi connectivity index (χ2n) is 9.32. The lowest BCUT2D eigenvalue weighted by Gasteiger charge is -2.50. The molecule has 0 aromatic carbocycles. The van der Waals surface area contributed by atoms with E-state index in [4.69, 9.17) is 9.47 Å². The van der Waals surface area contributed by atoms with Crippen LogP contribution in [-0.2, 0) is 9.47 Å². The lowest BCUT2D eigenvalue weighted by molar-refractivity contribution is -0.0207. The molecule has 0 heterocycles. The Balaban J connectivity index is 1.97. The lowest BCUT2D eigenvalue weighted by atomic mass is 9.60. The van der Waals surface area contributed by atoms with E-state index in [1.54, 1.807) is 0 Å². The van der Waals surface area contributed by atoms with Crippen molar-refractivity contribution in [1.82, 2.24) is 0 Å². The zero-order chi connectivity index (χ0) is 23.3. The molecule has 0 saturated heterocycles. The minimum atomic E-state index is 0.203. The van der Waals surface area contributed by atoms with Crippen LogP contribution >= 0.6 is 127 Å². The van der Waals surface area contributed by atoms with Gasteiger partial charge in [0, 0.05) is 39.6 Å². The zero-order valence-corrected chi connectivity index (χ0v) is 30.5. The van der Waals surface area contributed by atoms with E-state index in [0.29, 0.717) is 40.8 Å². The van der Waals surface area contributed by atoms with Crippen LogP contribution in [0.3, 0.4) is 0 Å². The third-order valence-electron chi connectivity index (χ3n) is 6.84. The maximum Gasteiger partial charge on any atom is 0.0825 e. The minimum Gasteiger partial charge on any atom is -0.375 e. The summed E-state index contributed by atoms with van der Waals surface area (Å²) in [4.78, 5) is 2.15. The van der Waals surface area contributed by atoms with Gasteiger partial charge in [-0.1, -0.05) is 141 Å². The Labute approximate surface area is 255 Å². The predicted octanol–water partition coefficient (Wildman–Crippen LogP) is 8.97. The second-order valence-corrected chi connectivity index (χ2v) is 17.9. The van der Waals surface area contributed by atoms with E-state index in [2.05, 4.69) is 141 Å². The quantitative estimate of drug-likeness (QED) is 0.204. The number of ether oxygens (including phenoxy) is 2. The molecular weight excluding hydrogens is 923 g/mol. The van der Waals surface area contributed by atoms with E-state index in [-0.39, 0.29) is 17.6 Å². The van der Waals surface area contributed by atoms with E-state index in [1.165, 1.54) is 0 Å². The first-order valence-corrected chi connectivity index (χ1v) is 18.4. The van der Waals surface area contributed by atoms with Crippen LogP contribution in [0.1, 0.15) is 39.5 Å². The molecule has 0 spiro atoms. The summed E-state index contributed by atoms with van der Waals surface area (Å²) in [7, 11) is 0. The lowest BCUT2D eigenvalue weighted by Crippen LogP contribution is -2.50. The average Bonchev–Trinajstić information content (AvgIpc) is 2.71. The monoisotopic (exact) mass is 948 g/mol. The molecule has 0 aliphatic heterocycles. The van der Waals surface area contributed by atoms with Crippen LogP contribution in [0.15, 0.2) is 0 Å². The first kappa shape index (κ1) is 31.0. The van der Waals surface area contributed by atoms with Gasteiger partial charge in [-0.2, -0.15) is 0 Å². The molecule has 0 radical (unpaired) electrons. The summed E-state index contributed by atoms with van der Waals surface area (Å²) in [6.45, 7) is 6.39. The van der Waals surface area contributed by atoms with Gasteiger partial charge < -0.3 is 9.47 Å². The van der Waals surface area contributed by atoms with E-state index in [0.717, 1.165) is 49.6 Å². The van der Waals surface area contributed by atoms with Crippen molar-refractivity contribution in [3.63, 3.8) is 0 Å². The fourth-order valence-electron chi connectivity index (χ4n) is 4.76. The fourth-order valence-corrected chi connectivity index (χ4v) is 10.1. The Kier molecular flexibility index (Phi) is 14.6. The molecule has 6 unspecified atom stereocenters. The molecule has 2 saturated carbocycles. The molecule has 31 heavy (non-hydrogen) atoms. The highest BCUT2D eigenvalue weighted by molar-refractivity contribution is 9.12. The summed E-state index contributed by atoms with van der Waals surface area (Å²) in [5, 5.41) is 1.80. The summed E-state index contributed by atoms with van der Waals surface area (Å²) in [5.41, 5.74) is 0.244. The SMILES string of the molecule is CC(C)(C1CC(Br)C(OCC(Br)CBr)C(Br)C1)C1CC(Br)C(OCC(Br)CBr)C(Br)C1. The molecule has 0 amide bonds. The molecule has 184 valence electrons. The molecular formula is C21H32Br8O2. The first-order chi connectivity index (χ1) is 14.5. The molecule has 2 rings (SSSR count). The van der Waals surface area contributed by atoms with Crippen molar-refractivity contribution in [2.75, 3.05) is 23.9 Å². The van der Waals surface area contributed by atoms with Gasteiger partial charge in [0.2, 0.25) is 0 Å². The zero-order valence-electron chi connectivity index (χ0n) is 17.8. The number of hydrogen-bond donors (Lipinski definition) is 0. The molecule has 10 heteroatoms. The fraction of sp³-hybridized carbons (Fsp3) is 1.00. The summed E-state index contributed by atoms with van der Waals surface area (Å²) in [6.07, 6.45) is 4.99. The van der Waals surface area contributed by atoms with Crippen LogP contribution in [0.2, 0.25) is 0 Å². The Bertz CT molecular complexity index is 472. The third kappa shape index (κ3) is 8.93. The van der Waals surface area contributed by atoms with Gasteiger partial charge >= 0.3 is 0 Å². The van der Waals surface area contributed by atoms with Crippen molar-refractivity contribution in [3.05, 3.63) is 0 Å². The first-order valence-electron chi connectivity index (χ1n) is 10.7. The molecule has 0 bridgehead atoms. The molecule has 0 aromatic rings. The summed E-state index contributed by atoms with van der Waals surface area (Å²) in [5.74, 6) is 1.28. The van der Waals surface area contributed by atoms with E-state index >= 15 is 0 Å². The maximum atomic E-state index is 6.26. The molecule has 2 fully saturated rings. The average molecular weight is 956 g/mol. The van der Waals surface area contributed by atoms with Crippen LogP contribution in [0.5, 0.6) is 0 Å². The Hall–Kier alpha value is 3.76. The highest BCUT2D eigenvalue weighted by atomic mass is 79.9. The van der Waals surface area contributed by atoms with Gasteiger partial charge in [-0.25, -0.2) is 0 Å². The molecule has 0 N–H and O–H groups in total. The smallest absolute Gasteiger partial charge is 0.0825 e. The van der Waals surface area contributed by atoms with Gasteiger partial charge in [-0.15, -0.1) is 0 Å². The van der Waals surface area contributed by atoms with Crippen molar-refractivity contribution >= 4 is 127 Å². The topological polar surface area (TPSA) is 18.5 Å². The van der Waals surface area contributed by atoms with E-state index < -0.39 is 0 Å². The third-order valence-corrected chi connectivity index (χ3v) is 14.9. The molecule has 2 aliphatic carbocycles. The highest BCUT2D eigenvalue weighted by Gasteiger charge is 2.48. The summed E-state index contributed by atoms with van der Waals surface area (Å²) < 4.78 is 12.5. The van der Waals surface area contributed by atoms with Crippen molar-refractivity contribution in [3.8, 4) is 0 Å². The largest absolute Gasteiger partial charge is 0.375 e. The van der Waals surface area contributed by atoms with Gasteiger partial charge in [0.05, 0.1) is 25.4 Å². The van der Waals surface area contributed by atoms with Crippen LogP contribution in [0, 0.1) is 17.3 Å². The van der Waals surface area contributed by atoms with Gasteiger partial charge in [-0.05, 0) is 42.9 Å². The van der Waals surface area contributed by atoms with Crippen LogP contribution in [0.4, 0.5) is 0 Å². The van der Waals surface area contributed by atoms with Crippen molar-refractivity contribution in [2.24, 2.45) is 17.3 Å². The molecule has 0 aromatic heterocycles. The van der Waals surface area contributed by atoms with Crippen molar-refractivity contribution < 1.29 is 9.47 Å². The van der Waals surface area contributed by atoms with E-state index in [1.807, 2.05) is 0 Å². The van der Waals surface area contributed by atoms with Gasteiger partial charge in [0.25, 0.3) is 0 Å². The minimum absolute atomic E-state index is 0.203. The molecule has 6 atom stereocenters.